The van der Waals surface area contributed by atoms with Crippen molar-refractivity contribution >= 4 is 17.3 Å². The van der Waals surface area contributed by atoms with Gasteiger partial charge in [0.1, 0.15) is 5.69 Å². The van der Waals surface area contributed by atoms with E-state index in [9.17, 15) is 14.9 Å². The quantitative estimate of drug-likeness (QED) is 0.470. The number of aliphatic hydroxyl groups excluding tert-OH is 1. The normalized spacial score (nSPS) is 14.5. The number of rotatable bonds is 6. The lowest BCUT2D eigenvalue weighted by Gasteiger charge is -2.37. The monoisotopic (exact) mass is 293 g/mol. The second kappa shape index (κ2) is 6.53. The van der Waals surface area contributed by atoms with Crippen LogP contribution in [0.2, 0.25) is 0 Å². The van der Waals surface area contributed by atoms with E-state index >= 15 is 0 Å². The first-order valence-corrected chi connectivity index (χ1v) is 7.00. The first kappa shape index (κ1) is 15.2. The molecule has 0 aromatic heterocycles. The number of nitrogens with two attached hydrogens (primary N) is 1. The predicted molar refractivity (Wildman–Crippen MR) is 77.9 cm³/mol. The number of nitro benzene ring substituents is 1. The molecule has 0 bridgehead atoms. The minimum Gasteiger partial charge on any atom is -0.396 e. The highest BCUT2D eigenvalue weighted by Crippen LogP contribution is 2.28. The van der Waals surface area contributed by atoms with E-state index in [-0.39, 0.29) is 35.5 Å². The Morgan fingerprint density at radius 3 is 2.71 bits per heavy atom. The number of nitrogens with zero attached hydrogens (tertiary/aromatic N) is 2. The number of amides is 1. The van der Waals surface area contributed by atoms with Crippen molar-refractivity contribution in [2.75, 3.05) is 18.9 Å². The fraction of sp³-hybridized carbons (Fsp3) is 0.500. The van der Waals surface area contributed by atoms with Crippen molar-refractivity contribution in [3.8, 4) is 0 Å². The van der Waals surface area contributed by atoms with E-state index in [2.05, 4.69) is 0 Å². The summed E-state index contributed by atoms with van der Waals surface area (Å²) >= 11 is 0. The molecule has 1 amide bonds. The van der Waals surface area contributed by atoms with Crippen LogP contribution in [-0.2, 0) is 0 Å². The molecule has 1 aliphatic carbocycles. The molecule has 21 heavy (non-hydrogen) atoms. The highest BCUT2D eigenvalue weighted by Gasteiger charge is 2.29. The first-order valence-electron chi connectivity index (χ1n) is 7.00. The lowest BCUT2D eigenvalue weighted by Crippen LogP contribution is -2.45. The molecule has 114 valence electrons. The third kappa shape index (κ3) is 3.30. The van der Waals surface area contributed by atoms with Gasteiger partial charge in [-0.05, 0) is 37.8 Å². The lowest BCUT2D eigenvalue weighted by atomic mass is 9.90. The maximum Gasteiger partial charge on any atom is 0.292 e. The molecule has 0 atom stereocenters. The number of hydrogen-bond donors (Lipinski definition) is 2. The lowest BCUT2D eigenvalue weighted by molar-refractivity contribution is -0.383. The topological polar surface area (TPSA) is 110 Å². The zero-order valence-corrected chi connectivity index (χ0v) is 11.7. The van der Waals surface area contributed by atoms with Crippen molar-refractivity contribution < 1.29 is 14.8 Å². The molecule has 0 saturated heterocycles. The Kier molecular flexibility index (Phi) is 4.74. The summed E-state index contributed by atoms with van der Waals surface area (Å²) in [5.41, 5.74) is 5.60. The maximum absolute atomic E-state index is 12.6. The Labute approximate surface area is 122 Å². The van der Waals surface area contributed by atoms with E-state index in [1.807, 2.05) is 0 Å². The second-order valence-electron chi connectivity index (χ2n) is 5.19. The molecule has 0 aliphatic heterocycles. The molecule has 3 N–H and O–H groups in total. The number of carbonyl (C=O) groups excluding carboxylic acids is 1. The third-order valence-corrected chi connectivity index (χ3v) is 3.81. The Hall–Kier alpha value is -2.15. The highest BCUT2D eigenvalue weighted by molar-refractivity contribution is 5.96. The van der Waals surface area contributed by atoms with Gasteiger partial charge in [0, 0.05) is 30.8 Å². The predicted octanol–water partition coefficient (Wildman–Crippen LogP) is 1.55. The van der Waals surface area contributed by atoms with E-state index in [0.717, 1.165) is 19.3 Å². The van der Waals surface area contributed by atoms with Crippen LogP contribution in [0.3, 0.4) is 0 Å². The molecular formula is C14H19N3O4. The fourth-order valence-corrected chi connectivity index (χ4v) is 2.39. The maximum atomic E-state index is 12.6. The standard InChI is InChI=1S/C14H19N3O4/c15-12-6-5-10(9-13(12)17(20)21)14(19)16(7-2-8-18)11-3-1-4-11/h5-6,9,11,18H,1-4,7-8,15H2. The molecule has 0 spiro atoms. The second-order valence-corrected chi connectivity index (χ2v) is 5.19. The van der Waals surface area contributed by atoms with Crippen LogP contribution in [0.1, 0.15) is 36.0 Å². The molecule has 0 radical (unpaired) electrons. The SMILES string of the molecule is Nc1ccc(C(=O)N(CCCO)C2CCC2)cc1[N+](=O)[O-]. The summed E-state index contributed by atoms with van der Waals surface area (Å²) in [6.07, 6.45) is 3.46. The van der Waals surface area contributed by atoms with E-state index in [1.54, 1.807) is 4.90 Å². The zero-order chi connectivity index (χ0) is 15.4. The summed E-state index contributed by atoms with van der Waals surface area (Å²) in [7, 11) is 0. The molecule has 1 aromatic carbocycles. The molecule has 7 nitrogen and oxygen atoms in total. The van der Waals surface area contributed by atoms with Crippen LogP contribution in [0.4, 0.5) is 11.4 Å². The minimum absolute atomic E-state index is 0.0123. The molecule has 0 heterocycles. The summed E-state index contributed by atoms with van der Waals surface area (Å²) in [5.74, 6) is -0.240. The first-order chi connectivity index (χ1) is 10.0. The van der Waals surface area contributed by atoms with E-state index in [4.69, 9.17) is 10.8 Å². The van der Waals surface area contributed by atoms with Crippen LogP contribution in [0.5, 0.6) is 0 Å². The molecule has 1 aromatic rings. The van der Waals surface area contributed by atoms with Crippen molar-refractivity contribution in [1.82, 2.24) is 4.90 Å². The van der Waals surface area contributed by atoms with Crippen LogP contribution >= 0.6 is 0 Å². The van der Waals surface area contributed by atoms with E-state index in [0.29, 0.717) is 13.0 Å². The number of aliphatic hydroxyl groups is 1. The van der Waals surface area contributed by atoms with Crippen LogP contribution in [0.15, 0.2) is 18.2 Å². The van der Waals surface area contributed by atoms with Gasteiger partial charge in [-0.15, -0.1) is 0 Å². The van der Waals surface area contributed by atoms with Crippen molar-refractivity contribution in [2.24, 2.45) is 0 Å². The molecule has 1 aliphatic rings. The number of nitro groups is 1. The number of nitrogen functional groups attached to an aromatic ring is 1. The Morgan fingerprint density at radius 1 is 1.48 bits per heavy atom. The van der Waals surface area contributed by atoms with Crippen molar-refractivity contribution in [3.63, 3.8) is 0 Å². The third-order valence-electron chi connectivity index (χ3n) is 3.81. The Bertz CT molecular complexity index is 543. The van der Waals surface area contributed by atoms with Crippen LogP contribution in [-0.4, -0.2) is 40.0 Å². The molecule has 2 rings (SSSR count). The summed E-state index contributed by atoms with van der Waals surface area (Å²) < 4.78 is 0. The van der Waals surface area contributed by atoms with Crippen molar-refractivity contribution in [1.29, 1.82) is 0 Å². The summed E-state index contributed by atoms with van der Waals surface area (Å²) in [4.78, 5) is 24.6. The van der Waals surface area contributed by atoms with Crippen molar-refractivity contribution in [3.05, 3.63) is 33.9 Å². The largest absolute Gasteiger partial charge is 0.396 e. The van der Waals surface area contributed by atoms with E-state index in [1.165, 1.54) is 18.2 Å². The minimum atomic E-state index is -0.590. The van der Waals surface area contributed by atoms with Gasteiger partial charge in [0.25, 0.3) is 11.6 Å². The van der Waals surface area contributed by atoms with E-state index < -0.39 is 4.92 Å². The van der Waals surface area contributed by atoms with Crippen LogP contribution in [0.25, 0.3) is 0 Å². The Balaban J connectivity index is 2.23. The van der Waals surface area contributed by atoms with Gasteiger partial charge in [-0.2, -0.15) is 0 Å². The molecular weight excluding hydrogens is 274 g/mol. The summed E-state index contributed by atoms with van der Waals surface area (Å²) in [6, 6.07) is 4.29. The average molecular weight is 293 g/mol. The summed E-state index contributed by atoms with van der Waals surface area (Å²) in [5, 5.41) is 19.9. The van der Waals surface area contributed by atoms with Gasteiger partial charge >= 0.3 is 0 Å². The zero-order valence-electron chi connectivity index (χ0n) is 11.7. The number of hydrogen-bond acceptors (Lipinski definition) is 5. The van der Waals surface area contributed by atoms with Crippen LogP contribution in [0, 0.1) is 10.1 Å². The highest BCUT2D eigenvalue weighted by atomic mass is 16.6. The fourth-order valence-electron chi connectivity index (χ4n) is 2.39. The smallest absolute Gasteiger partial charge is 0.292 e. The number of benzene rings is 1. The van der Waals surface area contributed by atoms with Gasteiger partial charge < -0.3 is 15.7 Å². The number of carbonyl (C=O) groups is 1. The average Bonchev–Trinajstić information content (AvgIpc) is 2.40. The van der Waals surface area contributed by atoms with Gasteiger partial charge in [-0.1, -0.05) is 0 Å². The molecule has 1 fully saturated rings. The van der Waals surface area contributed by atoms with Gasteiger partial charge in [-0.25, -0.2) is 0 Å². The van der Waals surface area contributed by atoms with Gasteiger partial charge in [0.2, 0.25) is 0 Å². The molecule has 0 unspecified atom stereocenters. The van der Waals surface area contributed by atoms with Gasteiger partial charge in [0.15, 0.2) is 0 Å². The molecule has 7 heteroatoms. The van der Waals surface area contributed by atoms with Gasteiger partial charge in [0.05, 0.1) is 4.92 Å². The molecule has 1 saturated carbocycles. The Morgan fingerprint density at radius 2 is 2.19 bits per heavy atom. The van der Waals surface area contributed by atoms with Crippen LogP contribution < -0.4 is 5.73 Å². The number of anilines is 1. The van der Waals surface area contributed by atoms with Crippen molar-refractivity contribution in [2.45, 2.75) is 31.7 Å². The van der Waals surface area contributed by atoms with Gasteiger partial charge in [-0.3, -0.25) is 14.9 Å². The summed E-state index contributed by atoms with van der Waals surface area (Å²) in [6.45, 7) is 0.469.